The number of aryl methyl sites for hydroxylation is 2. The number of benzene rings is 1. The summed E-state index contributed by atoms with van der Waals surface area (Å²) in [6.45, 7) is 7.12. The van der Waals surface area contributed by atoms with Gasteiger partial charge in [0.2, 0.25) is 11.7 Å². The Morgan fingerprint density at radius 1 is 1.23 bits per heavy atom. The Kier molecular flexibility index (Phi) is 4.73. The zero-order valence-electron chi connectivity index (χ0n) is 14.9. The van der Waals surface area contributed by atoms with Gasteiger partial charge in [-0.2, -0.15) is 4.98 Å². The van der Waals surface area contributed by atoms with E-state index in [9.17, 15) is 0 Å². The molecule has 1 fully saturated rings. The maximum absolute atomic E-state index is 6.01. The number of nitrogens with zero attached hydrogens (tertiary/aromatic N) is 5. The Balaban J connectivity index is 1.56. The van der Waals surface area contributed by atoms with E-state index in [1.54, 1.807) is 13.1 Å². The van der Waals surface area contributed by atoms with Crippen LogP contribution < -0.4 is 0 Å². The molecule has 1 saturated heterocycles. The monoisotopic (exact) mass is 351 g/mol. The third-order valence-electron chi connectivity index (χ3n) is 4.62. The van der Waals surface area contributed by atoms with E-state index in [-0.39, 0.29) is 6.10 Å². The molecule has 1 aliphatic heterocycles. The average molecular weight is 351 g/mol. The number of morpholine rings is 1. The van der Waals surface area contributed by atoms with Crippen LogP contribution in [-0.2, 0) is 11.3 Å². The fraction of sp³-hybridized carbons (Fsp3) is 0.368. The van der Waals surface area contributed by atoms with Crippen molar-refractivity contribution < 1.29 is 9.26 Å². The quantitative estimate of drug-likeness (QED) is 0.715. The predicted molar refractivity (Wildman–Crippen MR) is 95.2 cm³/mol. The van der Waals surface area contributed by atoms with Crippen LogP contribution in [-0.4, -0.2) is 44.7 Å². The minimum Gasteiger partial charge on any atom is -0.369 e. The van der Waals surface area contributed by atoms with Crippen LogP contribution in [0.25, 0.3) is 11.4 Å². The van der Waals surface area contributed by atoms with E-state index in [0.29, 0.717) is 18.3 Å². The molecule has 7 nitrogen and oxygen atoms in total. The van der Waals surface area contributed by atoms with Gasteiger partial charge in [0.25, 0.3) is 0 Å². The second-order valence-electron chi connectivity index (χ2n) is 6.48. The zero-order valence-corrected chi connectivity index (χ0v) is 14.9. The second-order valence-corrected chi connectivity index (χ2v) is 6.48. The van der Waals surface area contributed by atoms with Gasteiger partial charge in [-0.25, -0.2) is 9.97 Å². The lowest BCUT2D eigenvalue weighted by Crippen LogP contribution is -2.38. The van der Waals surface area contributed by atoms with Crippen LogP contribution in [0.2, 0.25) is 0 Å². The van der Waals surface area contributed by atoms with Crippen molar-refractivity contribution in [1.29, 1.82) is 0 Å². The first kappa shape index (κ1) is 16.8. The fourth-order valence-corrected chi connectivity index (χ4v) is 3.22. The van der Waals surface area contributed by atoms with Crippen LogP contribution in [0.3, 0.4) is 0 Å². The fourth-order valence-electron chi connectivity index (χ4n) is 3.22. The van der Waals surface area contributed by atoms with E-state index < -0.39 is 0 Å². The van der Waals surface area contributed by atoms with E-state index in [1.165, 1.54) is 17.5 Å². The lowest BCUT2D eigenvalue weighted by Gasteiger charge is -2.33. The summed E-state index contributed by atoms with van der Waals surface area (Å²) in [6, 6.07) is 8.48. The largest absolute Gasteiger partial charge is 0.369 e. The van der Waals surface area contributed by atoms with E-state index >= 15 is 0 Å². The lowest BCUT2D eigenvalue weighted by molar-refractivity contribution is -0.0348. The Hall–Kier alpha value is -2.64. The van der Waals surface area contributed by atoms with E-state index in [0.717, 1.165) is 30.9 Å². The molecule has 0 amide bonds. The molecule has 7 heteroatoms. The molecule has 3 heterocycles. The minimum atomic E-state index is -0.149. The van der Waals surface area contributed by atoms with Gasteiger partial charge in [-0.05, 0) is 18.1 Å². The highest BCUT2D eigenvalue weighted by Crippen LogP contribution is 2.29. The Bertz CT molecular complexity index is 895. The Labute approximate surface area is 152 Å². The highest BCUT2D eigenvalue weighted by Gasteiger charge is 2.27. The first-order chi connectivity index (χ1) is 12.7. The topological polar surface area (TPSA) is 77.2 Å². The molecule has 0 radical (unpaired) electrons. The standard InChI is InChI=1S/C19H21N5O2/c1-13-5-3-4-6-15(13)10-24-7-8-25-17(11-24)18-16(9-20-12-21-18)19-22-14(2)26-23-19/h3-6,9,12,17H,7-8,10-11H2,1-2H3/t17-/m1/s1. The normalized spacial score (nSPS) is 18.2. The average Bonchev–Trinajstić information content (AvgIpc) is 3.10. The molecule has 3 aromatic rings. The Morgan fingerprint density at radius 3 is 2.92 bits per heavy atom. The molecule has 0 saturated carbocycles. The van der Waals surface area contributed by atoms with Gasteiger partial charge in [-0.1, -0.05) is 29.4 Å². The number of ether oxygens (including phenoxy) is 1. The maximum atomic E-state index is 6.01. The Morgan fingerprint density at radius 2 is 2.12 bits per heavy atom. The number of hydrogen-bond donors (Lipinski definition) is 0. The maximum Gasteiger partial charge on any atom is 0.223 e. The molecule has 0 bridgehead atoms. The van der Waals surface area contributed by atoms with E-state index in [4.69, 9.17) is 9.26 Å². The smallest absolute Gasteiger partial charge is 0.223 e. The highest BCUT2D eigenvalue weighted by molar-refractivity contribution is 5.56. The summed E-state index contributed by atoms with van der Waals surface area (Å²) in [5.74, 6) is 1.01. The molecular formula is C19H21N5O2. The van der Waals surface area contributed by atoms with Crippen molar-refractivity contribution in [2.24, 2.45) is 0 Å². The van der Waals surface area contributed by atoms with Gasteiger partial charge >= 0.3 is 0 Å². The molecule has 0 spiro atoms. The van der Waals surface area contributed by atoms with Crippen LogP contribution >= 0.6 is 0 Å². The van der Waals surface area contributed by atoms with Crippen molar-refractivity contribution in [2.75, 3.05) is 19.7 Å². The molecule has 2 aromatic heterocycles. The third kappa shape index (κ3) is 3.49. The molecule has 1 aliphatic rings. The van der Waals surface area contributed by atoms with Crippen LogP contribution in [0, 0.1) is 13.8 Å². The van der Waals surface area contributed by atoms with E-state index in [1.807, 2.05) is 0 Å². The van der Waals surface area contributed by atoms with Crippen LogP contribution in [0.4, 0.5) is 0 Å². The van der Waals surface area contributed by atoms with Gasteiger partial charge in [0.05, 0.1) is 17.9 Å². The molecular weight excluding hydrogens is 330 g/mol. The zero-order chi connectivity index (χ0) is 17.9. The van der Waals surface area contributed by atoms with E-state index in [2.05, 4.69) is 56.2 Å². The molecule has 1 atom stereocenters. The summed E-state index contributed by atoms with van der Waals surface area (Å²) < 4.78 is 11.1. The van der Waals surface area contributed by atoms with Gasteiger partial charge in [0, 0.05) is 32.8 Å². The van der Waals surface area contributed by atoms with Crippen molar-refractivity contribution in [3.05, 3.63) is 59.5 Å². The second kappa shape index (κ2) is 7.31. The summed E-state index contributed by atoms with van der Waals surface area (Å²) >= 11 is 0. The number of rotatable bonds is 4. The molecule has 0 N–H and O–H groups in total. The van der Waals surface area contributed by atoms with Gasteiger partial charge in [-0.3, -0.25) is 4.90 Å². The third-order valence-corrected chi connectivity index (χ3v) is 4.62. The number of aromatic nitrogens is 4. The molecule has 1 aromatic carbocycles. The summed E-state index contributed by atoms with van der Waals surface area (Å²) in [6.07, 6.45) is 3.11. The summed E-state index contributed by atoms with van der Waals surface area (Å²) in [4.78, 5) is 15.3. The van der Waals surface area contributed by atoms with Crippen molar-refractivity contribution in [3.8, 4) is 11.4 Å². The van der Waals surface area contributed by atoms with Gasteiger partial charge in [0.15, 0.2) is 0 Å². The molecule has 4 rings (SSSR count). The van der Waals surface area contributed by atoms with Crippen LogP contribution in [0.5, 0.6) is 0 Å². The summed E-state index contributed by atoms with van der Waals surface area (Å²) in [5, 5.41) is 4.00. The number of hydrogen-bond acceptors (Lipinski definition) is 7. The highest BCUT2D eigenvalue weighted by atomic mass is 16.5. The predicted octanol–water partition coefficient (Wildman–Crippen LogP) is 2.72. The van der Waals surface area contributed by atoms with Crippen molar-refractivity contribution in [3.63, 3.8) is 0 Å². The van der Waals surface area contributed by atoms with Gasteiger partial charge in [-0.15, -0.1) is 0 Å². The summed E-state index contributed by atoms with van der Waals surface area (Å²) in [5.41, 5.74) is 4.20. The van der Waals surface area contributed by atoms with Crippen molar-refractivity contribution >= 4 is 0 Å². The van der Waals surface area contributed by atoms with Gasteiger partial charge < -0.3 is 9.26 Å². The lowest BCUT2D eigenvalue weighted by atomic mass is 10.1. The minimum absolute atomic E-state index is 0.149. The van der Waals surface area contributed by atoms with Gasteiger partial charge in [0.1, 0.15) is 12.4 Å². The summed E-state index contributed by atoms with van der Waals surface area (Å²) in [7, 11) is 0. The molecule has 0 aliphatic carbocycles. The SMILES string of the molecule is Cc1nc(-c2cncnc2[C@H]2CN(Cc3ccccc3C)CCO2)no1. The molecule has 134 valence electrons. The van der Waals surface area contributed by atoms with Crippen LogP contribution in [0.1, 0.15) is 28.8 Å². The van der Waals surface area contributed by atoms with Crippen LogP contribution in [0.15, 0.2) is 41.3 Å². The first-order valence-corrected chi connectivity index (χ1v) is 8.70. The molecule has 0 unspecified atom stereocenters. The van der Waals surface area contributed by atoms with Crippen molar-refractivity contribution in [2.45, 2.75) is 26.5 Å². The van der Waals surface area contributed by atoms with Crippen molar-refractivity contribution in [1.82, 2.24) is 25.0 Å². The molecule has 26 heavy (non-hydrogen) atoms. The first-order valence-electron chi connectivity index (χ1n) is 8.70.